The Balaban J connectivity index is 2.50. The highest BCUT2D eigenvalue weighted by Gasteiger charge is 2.05. The Morgan fingerprint density at radius 1 is 1.59 bits per heavy atom. The molecule has 0 fully saturated rings. The standard InChI is InChI=1S/C13H19N3S/c1-4-7-15-13(14-5-2)16-9-11(3)12-6-8-17-10-12/h1,6,8,10-11H,5,7,9H2,2-3H3,(H2,14,15,16). The predicted molar refractivity (Wildman–Crippen MR) is 75.5 cm³/mol. The number of nitrogens with zero attached hydrogens (tertiary/aromatic N) is 1. The second-order valence-electron chi connectivity index (χ2n) is 3.74. The van der Waals surface area contributed by atoms with Crippen LogP contribution >= 0.6 is 11.3 Å². The molecule has 0 saturated carbocycles. The normalized spacial score (nSPS) is 12.9. The fourth-order valence-electron chi connectivity index (χ4n) is 1.37. The molecule has 0 spiro atoms. The highest BCUT2D eigenvalue weighted by Crippen LogP contribution is 2.18. The minimum atomic E-state index is 0.433. The number of guanidine groups is 1. The second kappa shape index (κ2) is 7.75. The van der Waals surface area contributed by atoms with Crippen molar-refractivity contribution in [3.8, 4) is 12.3 Å². The zero-order valence-corrected chi connectivity index (χ0v) is 11.2. The second-order valence-corrected chi connectivity index (χ2v) is 4.52. The van der Waals surface area contributed by atoms with Crippen LogP contribution in [0.25, 0.3) is 0 Å². The molecule has 92 valence electrons. The summed E-state index contributed by atoms with van der Waals surface area (Å²) in [6, 6.07) is 2.15. The molecule has 1 unspecified atom stereocenters. The average molecular weight is 249 g/mol. The van der Waals surface area contributed by atoms with Gasteiger partial charge in [0.2, 0.25) is 0 Å². The van der Waals surface area contributed by atoms with E-state index < -0.39 is 0 Å². The first kappa shape index (κ1) is 13.6. The van der Waals surface area contributed by atoms with Crippen LogP contribution in [0, 0.1) is 12.3 Å². The molecule has 0 radical (unpaired) electrons. The van der Waals surface area contributed by atoms with Crippen molar-refractivity contribution in [2.75, 3.05) is 19.6 Å². The van der Waals surface area contributed by atoms with E-state index in [0.717, 1.165) is 19.0 Å². The van der Waals surface area contributed by atoms with Crippen LogP contribution in [0.5, 0.6) is 0 Å². The summed E-state index contributed by atoms with van der Waals surface area (Å²) >= 11 is 1.72. The van der Waals surface area contributed by atoms with Crippen molar-refractivity contribution in [3.05, 3.63) is 22.4 Å². The van der Waals surface area contributed by atoms with Gasteiger partial charge in [-0.1, -0.05) is 12.8 Å². The van der Waals surface area contributed by atoms with Crippen molar-refractivity contribution in [1.82, 2.24) is 10.6 Å². The first-order valence-electron chi connectivity index (χ1n) is 5.75. The molecule has 1 aromatic heterocycles. The first-order chi connectivity index (χ1) is 8.27. The smallest absolute Gasteiger partial charge is 0.192 e. The van der Waals surface area contributed by atoms with Gasteiger partial charge >= 0.3 is 0 Å². The van der Waals surface area contributed by atoms with Crippen LogP contribution in [0.1, 0.15) is 25.3 Å². The molecule has 17 heavy (non-hydrogen) atoms. The Kier molecular flexibility index (Phi) is 6.19. The molecule has 4 heteroatoms. The van der Waals surface area contributed by atoms with Gasteiger partial charge in [0, 0.05) is 19.0 Å². The molecule has 0 bridgehead atoms. The van der Waals surface area contributed by atoms with Crippen molar-refractivity contribution in [2.24, 2.45) is 4.99 Å². The Hall–Kier alpha value is -1.47. The summed E-state index contributed by atoms with van der Waals surface area (Å²) in [7, 11) is 0. The van der Waals surface area contributed by atoms with Crippen molar-refractivity contribution >= 4 is 17.3 Å². The number of terminal acetylenes is 1. The lowest BCUT2D eigenvalue weighted by Gasteiger charge is -2.11. The zero-order chi connectivity index (χ0) is 12.5. The number of rotatable bonds is 5. The molecular weight excluding hydrogens is 230 g/mol. The maximum absolute atomic E-state index is 5.21. The fourth-order valence-corrected chi connectivity index (χ4v) is 2.15. The number of thiophene rings is 1. The van der Waals surface area contributed by atoms with Gasteiger partial charge < -0.3 is 10.6 Å². The summed E-state index contributed by atoms with van der Waals surface area (Å²) in [5, 5.41) is 10.5. The van der Waals surface area contributed by atoms with E-state index in [9.17, 15) is 0 Å². The molecule has 0 aromatic carbocycles. The van der Waals surface area contributed by atoms with E-state index >= 15 is 0 Å². The molecule has 0 aliphatic rings. The van der Waals surface area contributed by atoms with Gasteiger partial charge in [-0.15, -0.1) is 6.42 Å². The van der Waals surface area contributed by atoms with Gasteiger partial charge in [0.15, 0.2) is 5.96 Å². The van der Waals surface area contributed by atoms with E-state index in [1.54, 1.807) is 11.3 Å². The molecule has 3 nitrogen and oxygen atoms in total. The van der Waals surface area contributed by atoms with Crippen LogP contribution < -0.4 is 10.6 Å². The van der Waals surface area contributed by atoms with Gasteiger partial charge in [-0.3, -0.25) is 4.99 Å². The summed E-state index contributed by atoms with van der Waals surface area (Å²) in [5.41, 5.74) is 1.34. The minimum absolute atomic E-state index is 0.433. The lowest BCUT2D eigenvalue weighted by Crippen LogP contribution is -2.37. The molecule has 0 saturated heterocycles. The third kappa shape index (κ3) is 4.92. The summed E-state index contributed by atoms with van der Waals surface area (Å²) < 4.78 is 0. The predicted octanol–water partition coefficient (Wildman–Crippen LogP) is 2.04. The first-order valence-corrected chi connectivity index (χ1v) is 6.70. The van der Waals surface area contributed by atoms with Crippen LogP contribution in [0.2, 0.25) is 0 Å². The molecule has 0 aliphatic carbocycles. The maximum atomic E-state index is 5.21. The quantitative estimate of drug-likeness (QED) is 0.476. The Morgan fingerprint density at radius 3 is 3.00 bits per heavy atom. The highest BCUT2D eigenvalue weighted by molar-refractivity contribution is 7.07. The molecular formula is C13H19N3S. The Morgan fingerprint density at radius 2 is 2.41 bits per heavy atom. The van der Waals surface area contributed by atoms with Crippen molar-refractivity contribution in [3.63, 3.8) is 0 Å². The van der Waals surface area contributed by atoms with E-state index in [0.29, 0.717) is 12.5 Å². The molecule has 1 rings (SSSR count). The van der Waals surface area contributed by atoms with Crippen LogP contribution in [-0.2, 0) is 0 Å². The Labute approximate surface area is 107 Å². The van der Waals surface area contributed by atoms with Crippen LogP contribution in [0.15, 0.2) is 21.8 Å². The third-order valence-corrected chi connectivity index (χ3v) is 3.04. The van der Waals surface area contributed by atoms with Gasteiger partial charge in [-0.2, -0.15) is 11.3 Å². The van der Waals surface area contributed by atoms with Crippen LogP contribution in [0.3, 0.4) is 0 Å². The molecule has 1 heterocycles. The molecule has 0 amide bonds. The van der Waals surface area contributed by atoms with Crippen molar-refractivity contribution in [2.45, 2.75) is 19.8 Å². The maximum Gasteiger partial charge on any atom is 0.192 e. The molecule has 1 atom stereocenters. The minimum Gasteiger partial charge on any atom is -0.357 e. The lowest BCUT2D eigenvalue weighted by atomic mass is 10.1. The number of aliphatic imine (C=N–C) groups is 1. The van der Waals surface area contributed by atoms with Crippen molar-refractivity contribution in [1.29, 1.82) is 0 Å². The topological polar surface area (TPSA) is 36.4 Å². The SMILES string of the molecule is C#CCNC(=NCC(C)c1ccsc1)NCC. The lowest BCUT2D eigenvalue weighted by molar-refractivity contribution is 0.760. The Bertz CT molecular complexity index is 376. The van der Waals surface area contributed by atoms with Gasteiger partial charge in [0.1, 0.15) is 0 Å². The highest BCUT2D eigenvalue weighted by atomic mass is 32.1. The monoisotopic (exact) mass is 249 g/mol. The molecule has 0 aliphatic heterocycles. The fraction of sp³-hybridized carbons (Fsp3) is 0.462. The third-order valence-electron chi connectivity index (χ3n) is 2.34. The van der Waals surface area contributed by atoms with Crippen molar-refractivity contribution < 1.29 is 0 Å². The summed E-state index contributed by atoms with van der Waals surface area (Å²) in [5.74, 6) is 3.76. The van der Waals surface area contributed by atoms with Crippen LogP contribution in [-0.4, -0.2) is 25.6 Å². The van der Waals surface area contributed by atoms with Gasteiger partial charge in [-0.25, -0.2) is 0 Å². The van der Waals surface area contributed by atoms with E-state index in [1.165, 1.54) is 5.56 Å². The number of hydrogen-bond donors (Lipinski definition) is 2. The van der Waals surface area contributed by atoms with E-state index in [-0.39, 0.29) is 0 Å². The summed E-state index contributed by atoms with van der Waals surface area (Å²) in [4.78, 5) is 4.51. The summed E-state index contributed by atoms with van der Waals surface area (Å²) in [6.45, 7) is 6.31. The average Bonchev–Trinajstić information content (AvgIpc) is 2.86. The number of nitrogens with one attached hydrogen (secondary N) is 2. The van der Waals surface area contributed by atoms with Gasteiger partial charge in [-0.05, 0) is 29.3 Å². The summed E-state index contributed by atoms with van der Waals surface area (Å²) in [6.07, 6.45) is 5.21. The number of hydrogen-bond acceptors (Lipinski definition) is 2. The largest absolute Gasteiger partial charge is 0.357 e. The van der Waals surface area contributed by atoms with E-state index in [1.807, 2.05) is 6.92 Å². The van der Waals surface area contributed by atoms with Gasteiger partial charge in [0.05, 0.1) is 6.54 Å². The van der Waals surface area contributed by atoms with E-state index in [4.69, 9.17) is 6.42 Å². The van der Waals surface area contributed by atoms with Gasteiger partial charge in [0.25, 0.3) is 0 Å². The molecule has 1 aromatic rings. The zero-order valence-electron chi connectivity index (χ0n) is 10.4. The molecule has 2 N–H and O–H groups in total. The van der Waals surface area contributed by atoms with Crippen LogP contribution in [0.4, 0.5) is 0 Å². The van der Waals surface area contributed by atoms with E-state index in [2.05, 4.69) is 45.3 Å².